The molecule has 0 saturated heterocycles. The molecule has 16 heavy (non-hydrogen) atoms. The summed E-state index contributed by atoms with van der Waals surface area (Å²) in [5, 5.41) is 9.51. The molecule has 0 spiro atoms. The number of hydrogen-bond donors (Lipinski definition) is 1. The number of aliphatic hydroxyl groups excluding tert-OH is 1. The number of ether oxygens (including phenoxy) is 1. The molecule has 1 heterocycles. The van der Waals surface area contributed by atoms with Gasteiger partial charge in [-0.15, -0.1) is 0 Å². The lowest BCUT2D eigenvalue weighted by Crippen LogP contribution is -2.11. The normalized spacial score (nSPS) is 13.8. The maximum Gasteiger partial charge on any atom is 0.417 e. The van der Waals surface area contributed by atoms with E-state index in [0.717, 1.165) is 12.3 Å². The third kappa shape index (κ3) is 3.46. The van der Waals surface area contributed by atoms with Crippen LogP contribution in [0.1, 0.15) is 24.2 Å². The first-order chi connectivity index (χ1) is 7.45. The molecule has 0 aliphatic rings. The molecule has 90 valence electrons. The van der Waals surface area contributed by atoms with E-state index in [1.165, 1.54) is 6.20 Å². The Morgan fingerprint density at radius 3 is 2.69 bits per heavy atom. The molecular formula is C10H12F3NO2. The van der Waals surface area contributed by atoms with E-state index in [0.29, 0.717) is 6.61 Å². The number of aromatic nitrogens is 1. The maximum absolute atomic E-state index is 12.3. The van der Waals surface area contributed by atoms with Gasteiger partial charge in [0.1, 0.15) is 6.10 Å². The van der Waals surface area contributed by atoms with Gasteiger partial charge in [0.05, 0.1) is 12.2 Å². The van der Waals surface area contributed by atoms with Gasteiger partial charge in [0, 0.05) is 24.6 Å². The van der Waals surface area contributed by atoms with Crippen LogP contribution in [0, 0.1) is 0 Å². The van der Waals surface area contributed by atoms with Crippen molar-refractivity contribution in [3.8, 4) is 0 Å². The fourth-order valence-electron chi connectivity index (χ4n) is 1.12. The molecule has 1 N–H and O–H groups in total. The number of rotatable bonds is 4. The van der Waals surface area contributed by atoms with E-state index in [-0.39, 0.29) is 12.2 Å². The van der Waals surface area contributed by atoms with Crippen LogP contribution in [0.25, 0.3) is 0 Å². The van der Waals surface area contributed by atoms with Crippen LogP contribution in [0.4, 0.5) is 13.2 Å². The average Bonchev–Trinajstić information content (AvgIpc) is 2.25. The SMILES string of the molecule is CCOCC(O)c1cncc(C(F)(F)F)c1. The first-order valence-electron chi connectivity index (χ1n) is 4.73. The van der Waals surface area contributed by atoms with Crippen LogP contribution in [0.2, 0.25) is 0 Å². The first kappa shape index (κ1) is 12.9. The van der Waals surface area contributed by atoms with Crippen molar-refractivity contribution in [2.75, 3.05) is 13.2 Å². The Morgan fingerprint density at radius 1 is 1.44 bits per heavy atom. The van der Waals surface area contributed by atoms with Crippen LogP contribution >= 0.6 is 0 Å². The van der Waals surface area contributed by atoms with Crippen molar-refractivity contribution in [2.45, 2.75) is 19.2 Å². The Kier molecular flexibility index (Phi) is 4.26. The fraction of sp³-hybridized carbons (Fsp3) is 0.500. The van der Waals surface area contributed by atoms with Crippen LogP contribution in [0.3, 0.4) is 0 Å². The van der Waals surface area contributed by atoms with Gasteiger partial charge in [-0.05, 0) is 13.0 Å². The summed E-state index contributed by atoms with van der Waals surface area (Å²) >= 11 is 0. The van der Waals surface area contributed by atoms with Crippen molar-refractivity contribution >= 4 is 0 Å². The number of nitrogens with zero attached hydrogens (tertiary/aromatic N) is 1. The lowest BCUT2D eigenvalue weighted by molar-refractivity contribution is -0.138. The first-order valence-corrected chi connectivity index (χ1v) is 4.73. The molecule has 0 aliphatic carbocycles. The zero-order valence-electron chi connectivity index (χ0n) is 8.66. The highest BCUT2D eigenvalue weighted by molar-refractivity contribution is 5.22. The highest BCUT2D eigenvalue weighted by Gasteiger charge is 2.31. The summed E-state index contributed by atoms with van der Waals surface area (Å²) in [7, 11) is 0. The summed E-state index contributed by atoms with van der Waals surface area (Å²) in [6, 6.07) is 0.872. The van der Waals surface area contributed by atoms with E-state index in [4.69, 9.17) is 4.74 Å². The summed E-state index contributed by atoms with van der Waals surface area (Å²) in [4.78, 5) is 3.44. The average molecular weight is 235 g/mol. The third-order valence-corrected chi connectivity index (χ3v) is 1.95. The monoisotopic (exact) mass is 235 g/mol. The molecule has 0 aliphatic heterocycles. The van der Waals surface area contributed by atoms with Gasteiger partial charge in [-0.25, -0.2) is 0 Å². The van der Waals surface area contributed by atoms with E-state index in [1.54, 1.807) is 6.92 Å². The summed E-state index contributed by atoms with van der Waals surface area (Å²) in [6.45, 7) is 2.08. The van der Waals surface area contributed by atoms with Crippen LogP contribution < -0.4 is 0 Å². The van der Waals surface area contributed by atoms with Gasteiger partial charge in [-0.3, -0.25) is 4.98 Å². The van der Waals surface area contributed by atoms with Crippen molar-refractivity contribution in [3.05, 3.63) is 29.6 Å². The van der Waals surface area contributed by atoms with E-state index >= 15 is 0 Å². The minimum absolute atomic E-state index is 0.0422. The van der Waals surface area contributed by atoms with E-state index in [1.807, 2.05) is 0 Å². The van der Waals surface area contributed by atoms with E-state index in [9.17, 15) is 18.3 Å². The molecule has 0 fully saturated rings. The standard InChI is InChI=1S/C10H12F3NO2/c1-2-16-6-9(15)7-3-8(5-14-4-7)10(11,12)13/h3-5,9,15H,2,6H2,1H3. The molecule has 0 amide bonds. The molecule has 0 aromatic carbocycles. The van der Waals surface area contributed by atoms with Gasteiger partial charge in [-0.1, -0.05) is 0 Å². The number of alkyl halides is 3. The summed E-state index contributed by atoms with van der Waals surface area (Å²) in [6.07, 6.45) is -3.63. The molecule has 3 nitrogen and oxygen atoms in total. The molecule has 1 unspecified atom stereocenters. The molecule has 1 aromatic heterocycles. The van der Waals surface area contributed by atoms with Gasteiger partial charge in [0.25, 0.3) is 0 Å². The molecular weight excluding hydrogens is 223 g/mol. The van der Waals surface area contributed by atoms with Gasteiger partial charge in [0.2, 0.25) is 0 Å². The van der Waals surface area contributed by atoms with Crippen molar-refractivity contribution in [1.29, 1.82) is 0 Å². The quantitative estimate of drug-likeness (QED) is 0.869. The van der Waals surface area contributed by atoms with Gasteiger partial charge < -0.3 is 9.84 Å². The summed E-state index contributed by atoms with van der Waals surface area (Å²) in [5.74, 6) is 0. The highest BCUT2D eigenvalue weighted by Crippen LogP contribution is 2.30. The Balaban J connectivity index is 2.82. The molecule has 0 bridgehead atoms. The van der Waals surface area contributed by atoms with Gasteiger partial charge in [-0.2, -0.15) is 13.2 Å². The Morgan fingerprint density at radius 2 is 2.12 bits per heavy atom. The second-order valence-corrected chi connectivity index (χ2v) is 3.18. The number of aliphatic hydroxyl groups is 1. The van der Waals surface area contributed by atoms with Gasteiger partial charge >= 0.3 is 6.18 Å². The molecule has 1 atom stereocenters. The zero-order chi connectivity index (χ0) is 12.2. The Hall–Kier alpha value is -1.14. The highest BCUT2D eigenvalue weighted by atomic mass is 19.4. The zero-order valence-corrected chi connectivity index (χ0v) is 8.66. The van der Waals surface area contributed by atoms with Crippen molar-refractivity contribution in [3.63, 3.8) is 0 Å². The second kappa shape index (κ2) is 5.27. The predicted octanol–water partition coefficient (Wildman–Crippen LogP) is 2.17. The third-order valence-electron chi connectivity index (χ3n) is 1.95. The van der Waals surface area contributed by atoms with Crippen molar-refractivity contribution in [2.24, 2.45) is 0 Å². The van der Waals surface area contributed by atoms with Crippen molar-refractivity contribution < 1.29 is 23.0 Å². The van der Waals surface area contributed by atoms with E-state index < -0.39 is 17.8 Å². The predicted molar refractivity (Wildman–Crippen MR) is 50.7 cm³/mol. The largest absolute Gasteiger partial charge is 0.417 e. The lowest BCUT2D eigenvalue weighted by Gasteiger charge is -2.12. The van der Waals surface area contributed by atoms with Crippen LogP contribution in [-0.4, -0.2) is 23.3 Å². The Bertz CT molecular complexity index is 341. The van der Waals surface area contributed by atoms with Gasteiger partial charge in [0.15, 0.2) is 0 Å². The summed E-state index contributed by atoms with van der Waals surface area (Å²) < 4.78 is 41.9. The maximum atomic E-state index is 12.3. The Labute approximate surface area is 90.9 Å². The molecule has 0 radical (unpaired) electrons. The molecule has 6 heteroatoms. The van der Waals surface area contributed by atoms with Crippen molar-refractivity contribution in [1.82, 2.24) is 4.98 Å². The molecule has 1 aromatic rings. The van der Waals surface area contributed by atoms with Crippen LogP contribution in [0.15, 0.2) is 18.5 Å². The minimum Gasteiger partial charge on any atom is -0.386 e. The fourth-order valence-corrected chi connectivity index (χ4v) is 1.12. The summed E-state index contributed by atoms with van der Waals surface area (Å²) in [5.41, 5.74) is -0.774. The van der Waals surface area contributed by atoms with Crippen LogP contribution in [-0.2, 0) is 10.9 Å². The van der Waals surface area contributed by atoms with E-state index in [2.05, 4.69) is 4.98 Å². The smallest absolute Gasteiger partial charge is 0.386 e. The number of hydrogen-bond acceptors (Lipinski definition) is 3. The number of halogens is 3. The lowest BCUT2D eigenvalue weighted by atomic mass is 10.1. The molecule has 0 saturated carbocycles. The molecule has 1 rings (SSSR count). The topological polar surface area (TPSA) is 42.4 Å². The minimum atomic E-state index is -4.45. The van der Waals surface area contributed by atoms with Crippen LogP contribution in [0.5, 0.6) is 0 Å². The second-order valence-electron chi connectivity index (χ2n) is 3.18. The number of pyridine rings is 1.